The Balaban J connectivity index is 1.83. The molecule has 31 heavy (non-hydrogen) atoms. The van der Waals surface area contributed by atoms with Crippen molar-refractivity contribution in [3.05, 3.63) is 70.7 Å². The molecule has 1 amide bonds. The number of pyridine rings is 1. The van der Waals surface area contributed by atoms with Crippen LogP contribution in [0.3, 0.4) is 0 Å². The van der Waals surface area contributed by atoms with Crippen LogP contribution >= 0.6 is 0 Å². The van der Waals surface area contributed by atoms with Crippen LogP contribution in [0.15, 0.2) is 42.7 Å². The van der Waals surface area contributed by atoms with Gasteiger partial charge in [-0.3, -0.25) is 9.48 Å². The van der Waals surface area contributed by atoms with Gasteiger partial charge in [0.1, 0.15) is 5.82 Å². The molecule has 2 aromatic heterocycles. The normalized spacial score (nSPS) is 11.4. The van der Waals surface area contributed by atoms with Crippen LogP contribution in [0.1, 0.15) is 32.7 Å². The van der Waals surface area contributed by atoms with Crippen molar-refractivity contribution in [3.8, 4) is 0 Å². The summed E-state index contributed by atoms with van der Waals surface area (Å²) in [5, 5.41) is 9.15. The van der Waals surface area contributed by atoms with Crippen LogP contribution < -0.4 is 16.4 Å². The van der Waals surface area contributed by atoms with Gasteiger partial charge in [-0.1, -0.05) is 6.07 Å². The van der Waals surface area contributed by atoms with Crippen molar-refractivity contribution in [1.29, 1.82) is 0 Å². The lowest BCUT2D eigenvalue weighted by molar-refractivity contribution is -0.141. The predicted molar refractivity (Wildman–Crippen MR) is 111 cm³/mol. The van der Waals surface area contributed by atoms with E-state index < -0.39 is 23.3 Å². The van der Waals surface area contributed by atoms with E-state index in [2.05, 4.69) is 20.7 Å². The molecule has 7 nitrogen and oxygen atoms in total. The average molecular weight is 432 g/mol. The van der Waals surface area contributed by atoms with Crippen molar-refractivity contribution in [2.45, 2.75) is 26.6 Å². The molecule has 1 aromatic carbocycles. The quantitative estimate of drug-likeness (QED) is 0.532. The molecule has 0 unspecified atom stereocenters. The summed E-state index contributed by atoms with van der Waals surface area (Å²) in [6.45, 7) is 4.20. The first-order valence-electron chi connectivity index (χ1n) is 9.59. The van der Waals surface area contributed by atoms with Crippen molar-refractivity contribution in [3.63, 3.8) is 0 Å². The number of rotatable bonds is 7. The minimum absolute atomic E-state index is 0.0390. The first-order chi connectivity index (χ1) is 14.7. The highest BCUT2D eigenvalue weighted by molar-refractivity contribution is 5.95. The lowest BCUT2D eigenvalue weighted by Gasteiger charge is -2.09. The Kier molecular flexibility index (Phi) is 6.59. The molecule has 3 rings (SSSR count). The SMILES string of the molecule is Cc1cc(C)cc(Nc2cc(Cn3cc(C(=O)NCCN)c(C(F)(F)F)n3)ccn2)c1. The zero-order valence-corrected chi connectivity index (χ0v) is 17.1. The standard InChI is InChI=1S/C21H23F3N6O/c1-13-7-14(2)9-16(8-13)28-18-10-15(3-5-26-18)11-30-12-17(20(31)27-6-4-25)19(29-30)21(22,23)24/h3,5,7-10,12H,4,6,11,25H2,1-2H3,(H,26,28)(H,27,31). The fraction of sp³-hybridized carbons (Fsp3) is 0.286. The topological polar surface area (TPSA) is 97.9 Å². The fourth-order valence-corrected chi connectivity index (χ4v) is 3.18. The molecule has 4 N–H and O–H groups in total. The van der Waals surface area contributed by atoms with Crippen LogP contribution in [-0.2, 0) is 12.7 Å². The molecule has 164 valence electrons. The van der Waals surface area contributed by atoms with Gasteiger partial charge < -0.3 is 16.4 Å². The van der Waals surface area contributed by atoms with Gasteiger partial charge in [0.15, 0.2) is 5.69 Å². The molecule has 0 bridgehead atoms. The monoisotopic (exact) mass is 432 g/mol. The molecule has 0 spiro atoms. The van der Waals surface area contributed by atoms with Gasteiger partial charge in [0.2, 0.25) is 0 Å². The van der Waals surface area contributed by atoms with Gasteiger partial charge in [0, 0.05) is 31.2 Å². The summed E-state index contributed by atoms with van der Waals surface area (Å²) in [7, 11) is 0. The number of hydrogen-bond acceptors (Lipinski definition) is 5. The number of amides is 1. The Morgan fingerprint density at radius 3 is 2.52 bits per heavy atom. The molecule has 10 heteroatoms. The van der Waals surface area contributed by atoms with E-state index in [0.717, 1.165) is 27.7 Å². The van der Waals surface area contributed by atoms with Crippen molar-refractivity contribution >= 4 is 17.4 Å². The molecule has 0 aliphatic heterocycles. The van der Waals surface area contributed by atoms with E-state index in [1.807, 2.05) is 32.0 Å². The number of aryl methyl sites for hydroxylation is 2. The number of halogens is 3. The fourth-order valence-electron chi connectivity index (χ4n) is 3.18. The molecule has 0 aliphatic carbocycles. The highest BCUT2D eigenvalue weighted by atomic mass is 19.4. The van der Waals surface area contributed by atoms with E-state index in [0.29, 0.717) is 11.4 Å². The zero-order chi connectivity index (χ0) is 22.6. The summed E-state index contributed by atoms with van der Waals surface area (Å²) in [4.78, 5) is 16.4. The number of alkyl halides is 3. The maximum absolute atomic E-state index is 13.4. The first kappa shape index (κ1) is 22.3. The van der Waals surface area contributed by atoms with Crippen molar-refractivity contribution < 1.29 is 18.0 Å². The lowest BCUT2D eigenvalue weighted by Crippen LogP contribution is -2.30. The molecule has 3 aromatic rings. The van der Waals surface area contributed by atoms with E-state index in [1.165, 1.54) is 0 Å². The van der Waals surface area contributed by atoms with Crippen LogP contribution in [0.2, 0.25) is 0 Å². The van der Waals surface area contributed by atoms with Gasteiger partial charge >= 0.3 is 6.18 Å². The lowest BCUT2D eigenvalue weighted by atomic mass is 10.1. The molecule has 2 heterocycles. The van der Waals surface area contributed by atoms with Gasteiger partial charge in [-0.15, -0.1) is 0 Å². The molecular formula is C21H23F3N6O. The van der Waals surface area contributed by atoms with Gasteiger partial charge in [-0.05, 0) is 54.8 Å². The first-order valence-corrected chi connectivity index (χ1v) is 9.59. The minimum Gasteiger partial charge on any atom is -0.351 e. The average Bonchev–Trinajstić information content (AvgIpc) is 3.10. The van der Waals surface area contributed by atoms with Crippen LogP contribution in [-0.4, -0.2) is 33.8 Å². The Hall–Kier alpha value is -3.40. The van der Waals surface area contributed by atoms with Gasteiger partial charge in [-0.2, -0.15) is 18.3 Å². The van der Waals surface area contributed by atoms with Gasteiger partial charge in [0.05, 0.1) is 12.1 Å². The maximum atomic E-state index is 13.4. The Morgan fingerprint density at radius 1 is 1.16 bits per heavy atom. The molecule has 0 atom stereocenters. The molecule has 0 radical (unpaired) electrons. The number of hydrogen-bond donors (Lipinski definition) is 3. The van der Waals surface area contributed by atoms with E-state index in [-0.39, 0.29) is 19.6 Å². The van der Waals surface area contributed by atoms with Gasteiger partial charge in [-0.25, -0.2) is 4.98 Å². The Labute approximate surface area is 177 Å². The van der Waals surface area contributed by atoms with Crippen molar-refractivity contribution in [2.24, 2.45) is 5.73 Å². The zero-order valence-electron chi connectivity index (χ0n) is 17.1. The van der Waals surface area contributed by atoms with Crippen molar-refractivity contribution in [1.82, 2.24) is 20.1 Å². The molecular weight excluding hydrogens is 409 g/mol. The Morgan fingerprint density at radius 2 is 1.87 bits per heavy atom. The number of nitrogens with two attached hydrogens (primary N) is 1. The Bertz CT molecular complexity index is 1060. The van der Waals surface area contributed by atoms with Crippen LogP contribution in [0.5, 0.6) is 0 Å². The highest BCUT2D eigenvalue weighted by Gasteiger charge is 2.39. The molecule has 0 fully saturated rings. The summed E-state index contributed by atoms with van der Waals surface area (Å²) in [5.41, 5.74) is 7.25. The number of carbonyl (C=O) groups excluding carboxylic acids is 1. The number of nitrogens with zero attached hydrogens (tertiary/aromatic N) is 3. The number of carbonyl (C=O) groups is 1. The van der Waals surface area contributed by atoms with E-state index >= 15 is 0 Å². The highest BCUT2D eigenvalue weighted by Crippen LogP contribution is 2.31. The maximum Gasteiger partial charge on any atom is 0.435 e. The van der Waals surface area contributed by atoms with Crippen LogP contribution in [0.25, 0.3) is 0 Å². The number of anilines is 2. The predicted octanol–water partition coefficient (Wildman–Crippen LogP) is 3.39. The number of aromatic nitrogens is 3. The summed E-state index contributed by atoms with van der Waals surface area (Å²) in [6, 6.07) is 9.39. The smallest absolute Gasteiger partial charge is 0.351 e. The second kappa shape index (κ2) is 9.17. The molecule has 0 saturated carbocycles. The third-order valence-electron chi connectivity index (χ3n) is 4.37. The van der Waals surface area contributed by atoms with Gasteiger partial charge in [0.25, 0.3) is 5.91 Å². The summed E-state index contributed by atoms with van der Waals surface area (Å²) < 4.78 is 41.2. The van der Waals surface area contributed by atoms with Crippen molar-refractivity contribution in [2.75, 3.05) is 18.4 Å². The number of nitrogens with one attached hydrogen (secondary N) is 2. The summed E-state index contributed by atoms with van der Waals surface area (Å²) in [5.74, 6) is -0.317. The van der Waals surface area contributed by atoms with Crippen LogP contribution in [0.4, 0.5) is 24.7 Å². The molecule has 0 saturated heterocycles. The second-order valence-electron chi connectivity index (χ2n) is 7.18. The number of benzene rings is 1. The van der Waals surface area contributed by atoms with E-state index in [1.54, 1.807) is 18.3 Å². The van der Waals surface area contributed by atoms with E-state index in [4.69, 9.17) is 5.73 Å². The molecule has 0 aliphatic rings. The third kappa shape index (κ3) is 5.82. The van der Waals surface area contributed by atoms with Crippen LogP contribution in [0, 0.1) is 13.8 Å². The largest absolute Gasteiger partial charge is 0.435 e. The second-order valence-corrected chi connectivity index (χ2v) is 7.18. The minimum atomic E-state index is -4.76. The van der Waals surface area contributed by atoms with E-state index in [9.17, 15) is 18.0 Å². The third-order valence-corrected chi connectivity index (χ3v) is 4.37. The summed E-state index contributed by atoms with van der Waals surface area (Å²) in [6.07, 6.45) is -2.11. The summed E-state index contributed by atoms with van der Waals surface area (Å²) >= 11 is 0.